The number of morpholine rings is 1. The smallest absolute Gasteiger partial charge is 0.236 e. The third-order valence-electron chi connectivity index (χ3n) is 3.90. The van der Waals surface area contributed by atoms with Crippen LogP contribution in [0.5, 0.6) is 0 Å². The third-order valence-corrected chi connectivity index (χ3v) is 3.90. The summed E-state index contributed by atoms with van der Waals surface area (Å²) >= 11 is 0. The fourth-order valence-corrected chi connectivity index (χ4v) is 2.84. The van der Waals surface area contributed by atoms with Crippen LogP contribution in [0.2, 0.25) is 0 Å². The predicted octanol–water partition coefficient (Wildman–Crippen LogP) is 0.0821. The van der Waals surface area contributed by atoms with Crippen molar-refractivity contribution in [3.05, 3.63) is 0 Å². The molecule has 1 unspecified atom stereocenters. The fourth-order valence-electron chi connectivity index (χ4n) is 2.84. The van der Waals surface area contributed by atoms with Gasteiger partial charge in [-0.15, -0.1) is 0 Å². The van der Waals surface area contributed by atoms with E-state index >= 15 is 0 Å². The zero-order valence-electron chi connectivity index (χ0n) is 11.0. The third kappa shape index (κ3) is 3.67. The summed E-state index contributed by atoms with van der Waals surface area (Å²) in [6, 6.07) is 0.488. The number of nitrogens with zero attached hydrogens (tertiary/aromatic N) is 2. The van der Waals surface area contributed by atoms with Crippen molar-refractivity contribution in [3.63, 3.8) is 0 Å². The molecule has 1 amide bonds. The first kappa shape index (κ1) is 13.8. The summed E-state index contributed by atoms with van der Waals surface area (Å²) in [6.45, 7) is 4.60. The Morgan fingerprint density at radius 3 is 2.78 bits per heavy atom. The number of carbonyl (C=O) groups is 1. The van der Waals surface area contributed by atoms with Gasteiger partial charge in [0.2, 0.25) is 5.91 Å². The molecule has 1 atom stereocenters. The van der Waals surface area contributed by atoms with Gasteiger partial charge < -0.3 is 14.7 Å². The zero-order valence-corrected chi connectivity index (χ0v) is 11.0. The minimum Gasteiger partial charge on any atom is -0.396 e. The Morgan fingerprint density at radius 1 is 1.28 bits per heavy atom. The lowest BCUT2D eigenvalue weighted by atomic mass is 10.1. The van der Waals surface area contributed by atoms with Gasteiger partial charge in [-0.1, -0.05) is 0 Å². The van der Waals surface area contributed by atoms with Crippen molar-refractivity contribution in [3.8, 4) is 0 Å². The number of hydrogen-bond donors (Lipinski definition) is 1. The van der Waals surface area contributed by atoms with Gasteiger partial charge in [0, 0.05) is 25.7 Å². The van der Waals surface area contributed by atoms with E-state index < -0.39 is 0 Å². The maximum absolute atomic E-state index is 12.2. The van der Waals surface area contributed by atoms with Gasteiger partial charge in [-0.05, 0) is 32.2 Å². The van der Waals surface area contributed by atoms with Gasteiger partial charge in [0.1, 0.15) is 0 Å². The highest BCUT2D eigenvalue weighted by Crippen LogP contribution is 2.21. The monoisotopic (exact) mass is 256 g/mol. The number of aliphatic hydroxyl groups is 1. The maximum atomic E-state index is 12.2. The molecule has 0 bridgehead atoms. The second kappa shape index (κ2) is 7.07. The summed E-state index contributed by atoms with van der Waals surface area (Å²) in [6.07, 6.45) is 4.18. The van der Waals surface area contributed by atoms with Crippen molar-refractivity contribution in [1.29, 1.82) is 0 Å². The summed E-state index contributed by atoms with van der Waals surface area (Å²) < 4.78 is 5.26. The Balaban J connectivity index is 1.78. The number of aliphatic hydroxyl groups excluding tert-OH is 1. The molecule has 5 nitrogen and oxygen atoms in total. The minimum atomic E-state index is 0.231. The molecule has 0 spiro atoms. The lowest BCUT2D eigenvalue weighted by Crippen LogP contribution is -2.46. The summed E-state index contributed by atoms with van der Waals surface area (Å²) in [5, 5.41) is 8.89. The van der Waals surface area contributed by atoms with E-state index in [9.17, 15) is 4.79 Å². The lowest BCUT2D eigenvalue weighted by Gasteiger charge is -2.30. The first-order valence-corrected chi connectivity index (χ1v) is 7.01. The highest BCUT2D eigenvalue weighted by Gasteiger charge is 2.27. The maximum Gasteiger partial charge on any atom is 0.236 e. The normalized spacial score (nSPS) is 25.6. The molecule has 2 heterocycles. The van der Waals surface area contributed by atoms with Gasteiger partial charge in [0.25, 0.3) is 0 Å². The largest absolute Gasteiger partial charge is 0.396 e. The van der Waals surface area contributed by atoms with Gasteiger partial charge in [-0.2, -0.15) is 0 Å². The molecule has 0 aliphatic carbocycles. The van der Waals surface area contributed by atoms with Gasteiger partial charge in [-0.25, -0.2) is 0 Å². The van der Waals surface area contributed by atoms with Gasteiger partial charge >= 0.3 is 0 Å². The van der Waals surface area contributed by atoms with Gasteiger partial charge in [-0.3, -0.25) is 9.69 Å². The van der Waals surface area contributed by atoms with Gasteiger partial charge in [0.05, 0.1) is 19.8 Å². The quantitative estimate of drug-likeness (QED) is 0.757. The van der Waals surface area contributed by atoms with Crippen molar-refractivity contribution in [2.75, 3.05) is 46.0 Å². The van der Waals surface area contributed by atoms with Crippen LogP contribution in [0.25, 0.3) is 0 Å². The molecule has 2 saturated heterocycles. The van der Waals surface area contributed by atoms with E-state index in [1.165, 1.54) is 6.42 Å². The van der Waals surface area contributed by atoms with Gasteiger partial charge in [0.15, 0.2) is 0 Å². The van der Waals surface area contributed by atoms with Crippen LogP contribution in [0, 0.1) is 0 Å². The summed E-state index contributed by atoms with van der Waals surface area (Å²) in [4.78, 5) is 16.3. The molecular formula is C13H24N2O3. The number of hydrogen-bond acceptors (Lipinski definition) is 4. The second-order valence-electron chi connectivity index (χ2n) is 5.13. The van der Waals surface area contributed by atoms with E-state index in [0.717, 1.165) is 38.9 Å². The van der Waals surface area contributed by atoms with Crippen LogP contribution in [-0.2, 0) is 9.53 Å². The van der Waals surface area contributed by atoms with Crippen LogP contribution in [0.15, 0.2) is 0 Å². The van der Waals surface area contributed by atoms with Crippen molar-refractivity contribution >= 4 is 5.91 Å². The molecule has 0 aromatic rings. The van der Waals surface area contributed by atoms with Crippen LogP contribution in [0.3, 0.4) is 0 Å². The summed E-state index contributed by atoms with van der Waals surface area (Å²) in [5.41, 5.74) is 0. The molecule has 5 heteroatoms. The fraction of sp³-hybridized carbons (Fsp3) is 0.923. The number of ether oxygens (including phenoxy) is 1. The van der Waals surface area contributed by atoms with E-state index in [0.29, 0.717) is 25.8 Å². The average molecular weight is 256 g/mol. The molecule has 104 valence electrons. The number of amides is 1. The van der Waals surface area contributed by atoms with Crippen LogP contribution < -0.4 is 0 Å². The van der Waals surface area contributed by atoms with Crippen molar-refractivity contribution in [2.24, 2.45) is 0 Å². The predicted molar refractivity (Wildman–Crippen MR) is 68.3 cm³/mol. The van der Waals surface area contributed by atoms with Crippen molar-refractivity contribution in [1.82, 2.24) is 9.80 Å². The zero-order chi connectivity index (χ0) is 12.8. The standard InChI is InChI=1S/C13H24N2O3/c16-8-2-4-12-3-1-5-15(12)11-13(17)14-6-9-18-10-7-14/h12,16H,1-11H2. The van der Waals surface area contributed by atoms with E-state index in [4.69, 9.17) is 9.84 Å². The highest BCUT2D eigenvalue weighted by molar-refractivity contribution is 5.78. The topological polar surface area (TPSA) is 53.0 Å². The van der Waals surface area contributed by atoms with Crippen LogP contribution in [0.4, 0.5) is 0 Å². The molecule has 2 rings (SSSR count). The Morgan fingerprint density at radius 2 is 2.06 bits per heavy atom. The summed E-state index contributed by atoms with van der Waals surface area (Å²) in [7, 11) is 0. The Hall–Kier alpha value is -0.650. The van der Waals surface area contributed by atoms with E-state index in [1.807, 2.05) is 4.90 Å². The molecule has 2 aliphatic heterocycles. The Kier molecular flexibility index (Phi) is 5.41. The van der Waals surface area contributed by atoms with E-state index in [2.05, 4.69) is 4.90 Å². The van der Waals surface area contributed by atoms with E-state index in [-0.39, 0.29) is 12.5 Å². The first-order chi connectivity index (χ1) is 8.81. The molecular weight excluding hydrogens is 232 g/mol. The Labute approximate surface area is 109 Å². The molecule has 2 fully saturated rings. The number of likely N-dealkylation sites (tertiary alicyclic amines) is 1. The van der Waals surface area contributed by atoms with Crippen LogP contribution >= 0.6 is 0 Å². The van der Waals surface area contributed by atoms with Crippen molar-refractivity contribution in [2.45, 2.75) is 31.7 Å². The molecule has 18 heavy (non-hydrogen) atoms. The highest BCUT2D eigenvalue weighted by atomic mass is 16.5. The molecule has 1 N–H and O–H groups in total. The summed E-state index contributed by atoms with van der Waals surface area (Å²) in [5.74, 6) is 0.231. The van der Waals surface area contributed by atoms with Crippen LogP contribution in [-0.4, -0.2) is 72.9 Å². The number of rotatable bonds is 5. The minimum absolute atomic E-state index is 0.231. The molecule has 0 aromatic carbocycles. The van der Waals surface area contributed by atoms with Crippen molar-refractivity contribution < 1.29 is 14.6 Å². The second-order valence-corrected chi connectivity index (χ2v) is 5.13. The molecule has 0 saturated carbocycles. The molecule has 2 aliphatic rings. The molecule has 0 aromatic heterocycles. The average Bonchev–Trinajstić information content (AvgIpc) is 2.84. The Bertz CT molecular complexity index is 267. The number of carbonyl (C=O) groups excluding carboxylic acids is 1. The molecule has 0 radical (unpaired) electrons. The van der Waals surface area contributed by atoms with Crippen LogP contribution in [0.1, 0.15) is 25.7 Å². The van der Waals surface area contributed by atoms with E-state index in [1.54, 1.807) is 0 Å². The SMILES string of the molecule is O=C(CN1CCCC1CCCO)N1CCOCC1. The first-order valence-electron chi connectivity index (χ1n) is 7.01. The lowest BCUT2D eigenvalue weighted by molar-refractivity contribution is -0.136.